The topological polar surface area (TPSA) is 92.9 Å². The van der Waals surface area contributed by atoms with Gasteiger partial charge < -0.3 is 20.5 Å². The molecule has 152 valence electrons. The Bertz CT molecular complexity index is 1060. The number of anilines is 1. The lowest BCUT2D eigenvalue weighted by molar-refractivity contribution is -0.128. The second-order valence-electron chi connectivity index (χ2n) is 7.38. The van der Waals surface area contributed by atoms with Crippen LogP contribution >= 0.6 is 0 Å². The summed E-state index contributed by atoms with van der Waals surface area (Å²) in [7, 11) is 0. The molecule has 6 heteroatoms. The van der Waals surface area contributed by atoms with Crippen LogP contribution in [-0.2, 0) is 11.3 Å². The van der Waals surface area contributed by atoms with Crippen molar-refractivity contribution in [2.45, 2.75) is 18.9 Å². The van der Waals surface area contributed by atoms with E-state index in [0.29, 0.717) is 36.7 Å². The second-order valence-corrected chi connectivity index (χ2v) is 7.38. The summed E-state index contributed by atoms with van der Waals surface area (Å²) in [6, 6.07) is 21.6. The van der Waals surface area contributed by atoms with E-state index >= 15 is 0 Å². The van der Waals surface area contributed by atoms with Crippen LogP contribution in [0.25, 0.3) is 0 Å². The van der Waals surface area contributed by atoms with Gasteiger partial charge in [-0.25, -0.2) is 4.79 Å². The van der Waals surface area contributed by atoms with E-state index in [9.17, 15) is 14.7 Å². The van der Waals surface area contributed by atoms with Crippen molar-refractivity contribution in [1.82, 2.24) is 4.90 Å². The van der Waals surface area contributed by atoms with Crippen molar-refractivity contribution in [3.05, 3.63) is 89.5 Å². The Morgan fingerprint density at radius 1 is 1.07 bits per heavy atom. The van der Waals surface area contributed by atoms with Crippen molar-refractivity contribution in [2.75, 3.05) is 12.3 Å². The van der Waals surface area contributed by atoms with Crippen LogP contribution < -0.4 is 10.5 Å². The molecule has 30 heavy (non-hydrogen) atoms. The van der Waals surface area contributed by atoms with Gasteiger partial charge in [-0.05, 0) is 42.0 Å². The van der Waals surface area contributed by atoms with Gasteiger partial charge in [-0.15, -0.1) is 0 Å². The number of rotatable bonds is 6. The van der Waals surface area contributed by atoms with Gasteiger partial charge in [0.2, 0.25) is 5.91 Å². The van der Waals surface area contributed by atoms with Crippen molar-refractivity contribution < 1.29 is 19.4 Å². The maximum absolute atomic E-state index is 12.6. The molecule has 0 saturated carbocycles. The van der Waals surface area contributed by atoms with Gasteiger partial charge in [0.15, 0.2) is 0 Å². The quantitative estimate of drug-likeness (QED) is 0.601. The number of aromatic carboxylic acids is 1. The molecule has 1 aliphatic rings. The lowest BCUT2D eigenvalue weighted by atomic mass is 9.98. The predicted octanol–water partition coefficient (Wildman–Crippen LogP) is 4.28. The van der Waals surface area contributed by atoms with E-state index in [4.69, 9.17) is 10.5 Å². The highest BCUT2D eigenvalue weighted by Gasteiger charge is 2.31. The molecular weight excluding hydrogens is 380 g/mol. The highest BCUT2D eigenvalue weighted by Crippen LogP contribution is 2.33. The molecule has 0 aromatic heterocycles. The minimum Gasteiger partial charge on any atom is -0.478 e. The van der Waals surface area contributed by atoms with Crippen LogP contribution in [0, 0.1) is 0 Å². The zero-order valence-electron chi connectivity index (χ0n) is 16.3. The standard InChI is InChI=1S/C24H22N2O4/c25-20-8-10-21(11-9-20)30-22-12-17(24(28)29)6-7-18(22)14-26-15-19(13-23(26)27)16-4-2-1-3-5-16/h1-12,19H,13-15,25H2,(H,28,29). The summed E-state index contributed by atoms with van der Waals surface area (Å²) in [6.45, 7) is 0.969. The predicted molar refractivity (Wildman–Crippen MR) is 114 cm³/mol. The van der Waals surface area contributed by atoms with Crippen molar-refractivity contribution in [2.24, 2.45) is 0 Å². The summed E-state index contributed by atoms with van der Waals surface area (Å²) in [5.41, 5.74) is 8.35. The maximum Gasteiger partial charge on any atom is 0.335 e. The van der Waals surface area contributed by atoms with Gasteiger partial charge in [0, 0.05) is 36.7 Å². The smallest absolute Gasteiger partial charge is 0.335 e. The number of nitrogen functional groups attached to an aromatic ring is 1. The van der Waals surface area contributed by atoms with Gasteiger partial charge >= 0.3 is 5.97 Å². The molecule has 1 fully saturated rings. The lowest BCUT2D eigenvalue weighted by Crippen LogP contribution is -2.24. The number of hydrogen-bond acceptors (Lipinski definition) is 4. The number of nitrogens with two attached hydrogens (primary N) is 1. The molecule has 0 aliphatic carbocycles. The molecule has 6 nitrogen and oxygen atoms in total. The first-order valence-corrected chi connectivity index (χ1v) is 9.72. The molecule has 1 aliphatic heterocycles. The third-order valence-corrected chi connectivity index (χ3v) is 5.27. The van der Waals surface area contributed by atoms with E-state index in [0.717, 1.165) is 11.1 Å². The molecule has 0 radical (unpaired) electrons. The minimum atomic E-state index is -1.04. The number of carboxylic acids is 1. The van der Waals surface area contributed by atoms with Gasteiger partial charge in [0.1, 0.15) is 11.5 Å². The van der Waals surface area contributed by atoms with Crippen LogP contribution in [0.3, 0.4) is 0 Å². The Morgan fingerprint density at radius 2 is 1.80 bits per heavy atom. The number of likely N-dealkylation sites (tertiary alicyclic amines) is 1. The Hall–Kier alpha value is -3.80. The van der Waals surface area contributed by atoms with Crippen molar-refractivity contribution >= 4 is 17.6 Å². The summed E-state index contributed by atoms with van der Waals surface area (Å²) < 4.78 is 5.96. The van der Waals surface area contributed by atoms with Crippen LogP contribution in [0.1, 0.15) is 33.8 Å². The molecule has 1 saturated heterocycles. The van der Waals surface area contributed by atoms with Crippen molar-refractivity contribution in [3.8, 4) is 11.5 Å². The van der Waals surface area contributed by atoms with Crippen molar-refractivity contribution in [3.63, 3.8) is 0 Å². The van der Waals surface area contributed by atoms with E-state index in [-0.39, 0.29) is 17.4 Å². The molecule has 0 bridgehead atoms. The number of amides is 1. The number of nitrogens with zero attached hydrogens (tertiary/aromatic N) is 1. The zero-order valence-corrected chi connectivity index (χ0v) is 16.3. The number of hydrogen-bond donors (Lipinski definition) is 2. The van der Waals surface area contributed by atoms with Gasteiger partial charge in [0.25, 0.3) is 0 Å². The van der Waals surface area contributed by atoms with E-state index in [1.54, 1.807) is 35.2 Å². The molecule has 0 spiro atoms. The summed E-state index contributed by atoms with van der Waals surface area (Å²) in [5.74, 6) is 0.145. The third-order valence-electron chi connectivity index (χ3n) is 5.27. The fourth-order valence-electron chi connectivity index (χ4n) is 3.66. The molecule has 1 atom stereocenters. The molecule has 3 aromatic carbocycles. The Morgan fingerprint density at radius 3 is 2.50 bits per heavy atom. The molecule has 1 unspecified atom stereocenters. The molecular formula is C24H22N2O4. The van der Waals surface area contributed by atoms with Crippen molar-refractivity contribution in [1.29, 1.82) is 0 Å². The third kappa shape index (κ3) is 4.27. The van der Waals surface area contributed by atoms with E-state index in [1.807, 2.05) is 30.3 Å². The van der Waals surface area contributed by atoms with E-state index in [1.165, 1.54) is 12.1 Å². The van der Waals surface area contributed by atoms with Gasteiger partial charge in [0.05, 0.1) is 5.56 Å². The molecule has 4 rings (SSSR count). The number of benzene rings is 3. The van der Waals surface area contributed by atoms with Crippen LogP contribution in [0.2, 0.25) is 0 Å². The largest absolute Gasteiger partial charge is 0.478 e. The summed E-state index contributed by atoms with van der Waals surface area (Å²) in [4.78, 5) is 25.8. The minimum absolute atomic E-state index is 0.0737. The Labute approximate surface area is 174 Å². The van der Waals surface area contributed by atoms with Crippen LogP contribution in [0.5, 0.6) is 11.5 Å². The molecule has 1 amide bonds. The lowest BCUT2D eigenvalue weighted by Gasteiger charge is -2.19. The monoisotopic (exact) mass is 402 g/mol. The average Bonchev–Trinajstić information content (AvgIpc) is 3.12. The first-order valence-electron chi connectivity index (χ1n) is 9.72. The average molecular weight is 402 g/mol. The highest BCUT2D eigenvalue weighted by atomic mass is 16.5. The number of carbonyl (C=O) groups is 2. The van der Waals surface area contributed by atoms with E-state index < -0.39 is 5.97 Å². The fourth-order valence-corrected chi connectivity index (χ4v) is 3.66. The number of carbonyl (C=O) groups excluding carboxylic acids is 1. The van der Waals surface area contributed by atoms with Crippen LogP contribution in [0.4, 0.5) is 5.69 Å². The van der Waals surface area contributed by atoms with E-state index in [2.05, 4.69) is 0 Å². The Kier molecular flexibility index (Phi) is 5.39. The molecule has 3 N–H and O–H groups in total. The Balaban J connectivity index is 1.57. The summed E-state index contributed by atoms with van der Waals surface area (Å²) in [5, 5.41) is 9.35. The van der Waals surface area contributed by atoms with Gasteiger partial charge in [-0.3, -0.25) is 4.79 Å². The number of carboxylic acid groups (broad SMARTS) is 1. The second kappa shape index (κ2) is 8.29. The molecule has 3 aromatic rings. The SMILES string of the molecule is Nc1ccc(Oc2cc(C(=O)O)ccc2CN2CC(c3ccccc3)CC2=O)cc1. The maximum atomic E-state index is 12.6. The fraction of sp³-hybridized carbons (Fsp3) is 0.167. The summed E-state index contributed by atoms with van der Waals surface area (Å²) in [6.07, 6.45) is 0.464. The highest BCUT2D eigenvalue weighted by molar-refractivity contribution is 5.88. The molecule has 1 heterocycles. The normalized spacial score (nSPS) is 15.9. The zero-order chi connectivity index (χ0) is 21.1. The summed E-state index contributed by atoms with van der Waals surface area (Å²) >= 11 is 0. The van der Waals surface area contributed by atoms with Gasteiger partial charge in [-0.1, -0.05) is 36.4 Å². The number of ether oxygens (including phenoxy) is 1. The van der Waals surface area contributed by atoms with Crippen LogP contribution in [0.15, 0.2) is 72.8 Å². The van der Waals surface area contributed by atoms with Gasteiger partial charge in [-0.2, -0.15) is 0 Å². The first kappa shape index (κ1) is 19.5. The first-order chi connectivity index (χ1) is 14.5. The van der Waals surface area contributed by atoms with Crippen LogP contribution in [-0.4, -0.2) is 28.4 Å².